The van der Waals surface area contributed by atoms with Crippen LogP contribution >= 0.6 is 0 Å². The van der Waals surface area contributed by atoms with Gasteiger partial charge in [0.05, 0.1) is 25.5 Å². The summed E-state index contributed by atoms with van der Waals surface area (Å²) >= 11 is 0. The minimum Gasteiger partial charge on any atom is -0.378 e. The molecule has 8 heteroatoms. The van der Waals surface area contributed by atoms with Crippen molar-refractivity contribution in [2.24, 2.45) is 10.9 Å². The average molecular weight is 389 g/mol. The third-order valence-corrected chi connectivity index (χ3v) is 5.96. The van der Waals surface area contributed by atoms with Crippen LogP contribution in [0.3, 0.4) is 0 Å². The van der Waals surface area contributed by atoms with Crippen LogP contribution in [0.2, 0.25) is 0 Å². The second-order valence-corrected chi connectivity index (χ2v) is 9.80. The highest BCUT2D eigenvalue weighted by Crippen LogP contribution is 2.26. The van der Waals surface area contributed by atoms with E-state index in [1.807, 2.05) is 0 Å². The van der Waals surface area contributed by atoms with Crippen LogP contribution in [0.4, 0.5) is 0 Å². The van der Waals surface area contributed by atoms with Gasteiger partial charge in [-0.3, -0.25) is 4.99 Å². The van der Waals surface area contributed by atoms with Crippen molar-refractivity contribution in [1.29, 1.82) is 0 Å². The normalized spacial score (nSPS) is 22.8. The summed E-state index contributed by atoms with van der Waals surface area (Å²) in [4.78, 5) is 7.13. The van der Waals surface area contributed by atoms with Crippen molar-refractivity contribution in [2.75, 3.05) is 57.9 Å². The molecule has 2 N–H and O–H groups in total. The van der Waals surface area contributed by atoms with Gasteiger partial charge in [0.25, 0.3) is 0 Å². The molecule has 0 spiro atoms. The highest BCUT2D eigenvalue weighted by Gasteiger charge is 2.26. The number of nitrogens with zero attached hydrogens (tertiary/aromatic N) is 2. The lowest BCUT2D eigenvalue weighted by atomic mass is 10.1. The molecule has 1 saturated carbocycles. The van der Waals surface area contributed by atoms with E-state index in [0.717, 1.165) is 31.4 Å². The zero-order valence-corrected chi connectivity index (χ0v) is 17.2. The first-order valence-electron chi connectivity index (χ1n) is 9.99. The van der Waals surface area contributed by atoms with Gasteiger partial charge in [-0.1, -0.05) is 12.8 Å². The molecule has 0 bridgehead atoms. The molecule has 2 rings (SSSR count). The molecule has 2 aliphatic rings. The second-order valence-electron chi connectivity index (χ2n) is 7.54. The number of ether oxygens (including phenoxy) is 1. The minimum atomic E-state index is -2.96. The van der Waals surface area contributed by atoms with Gasteiger partial charge in [-0.15, -0.1) is 0 Å². The van der Waals surface area contributed by atoms with Crippen molar-refractivity contribution < 1.29 is 13.2 Å². The molecule has 1 unspecified atom stereocenters. The second kappa shape index (κ2) is 11.1. The lowest BCUT2D eigenvalue weighted by Gasteiger charge is -2.21. The van der Waals surface area contributed by atoms with Gasteiger partial charge >= 0.3 is 0 Å². The van der Waals surface area contributed by atoms with E-state index in [4.69, 9.17) is 4.74 Å². The van der Waals surface area contributed by atoms with Gasteiger partial charge in [0.2, 0.25) is 0 Å². The van der Waals surface area contributed by atoms with Crippen LogP contribution in [0.15, 0.2) is 4.99 Å². The maximum Gasteiger partial charge on any atom is 0.191 e. The smallest absolute Gasteiger partial charge is 0.191 e. The van der Waals surface area contributed by atoms with Gasteiger partial charge in [0.1, 0.15) is 9.84 Å². The molecule has 0 aromatic heterocycles. The number of hydrogen-bond acceptors (Lipinski definition) is 5. The van der Waals surface area contributed by atoms with Gasteiger partial charge in [0, 0.05) is 38.5 Å². The van der Waals surface area contributed by atoms with E-state index < -0.39 is 9.84 Å². The predicted octanol–water partition coefficient (Wildman–Crippen LogP) is 0.867. The Kier molecular flexibility index (Phi) is 9.15. The largest absolute Gasteiger partial charge is 0.378 e. The summed E-state index contributed by atoms with van der Waals surface area (Å²) in [7, 11) is -2.96. The van der Waals surface area contributed by atoms with Gasteiger partial charge in [-0.2, -0.15) is 0 Å². The first kappa shape index (κ1) is 21.4. The molecule has 1 saturated heterocycles. The number of rotatable bonds is 10. The van der Waals surface area contributed by atoms with Crippen LogP contribution in [0.5, 0.6) is 0 Å². The molecule has 0 radical (unpaired) electrons. The van der Waals surface area contributed by atoms with E-state index in [0.29, 0.717) is 19.2 Å². The van der Waals surface area contributed by atoms with Crippen molar-refractivity contribution in [3.8, 4) is 0 Å². The zero-order valence-electron chi connectivity index (χ0n) is 16.4. The van der Waals surface area contributed by atoms with Crippen molar-refractivity contribution >= 4 is 15.8 Å². The number of likely N-dealkylation sites (tertiary alicyclic amines) is 1. The first-order chi connectivity index (χ1) is 12.5. The summed E-state index contributed by atoms with van der Waals surface area (Å²) in [6, 6.07) is 0.445. The van der Waals surface area contributed by atoms with Crippen molar-refractivity contribution in [3.63, 3.8) is 0 Å². The number of aliphatic imine (C=N–C) groups is 1. The topological polar surface area (TPSA) is 83.0 Å². The molecule has 1 heterocycles. The Balaban J connectivity index is 1.66. The van der Waals surface area contributed by atoms with Gasteiger partial charge < -0.3 is 20.3 Å². The zero-order chi connectivity index (χ0) is 18.8. The van der Waals surface area contributed by atoms with Crippen LogP contribution in [0.1, 0.15) is 39.0 Å². The molecule has 0 aromatic rings. The number of sulfone groups is 1. The lowest BCUT2D eigenvalue weighted by molar-refractivity contribution is 0.157. The predicted molar refractivity (Wildman–Crippen MR) is 106 cm³/mol. The third kappa shape index (κ3) is 8.68. The summed E-state index contributed by atoms with van der Waals surface area (Å²) < 4.78 is 27.5. The summed E-state index contributed by atoms with van der Waals surface area (Å²) in [6.07, 6.45) is 7.99. The molecule has 2 fully saturated rings. The fourth-order valence-corrected chi connectivity index (χ4v) is 4.14. The Morgan fingerprint density at radius 3 is 2.69 bits per heavy atom. The highest BCUT2D eigenvalue weighted by molar-refractivity contribution is 7.90. The number of hydrogen-bond donors (Lipinski definition) is 2. The Bertz CT molecular complexity index is 533. The molecular formula is C18H36N4O3S. The molecule has 1 atom stereocenters. The Hall–Kier alpha value is -0.860. The van der Waals surface area contributed by atoms with Crippen LogP contribution in [-0.2, 0) is 14.6 Å². The lowest BCUT2D eigenvalue weighted by Crippen LogP contribution is -2.45. The molecule has 152 valence electrons. The Morgan fingerprint density at radius 1 is 1.23 bits per heavy atom. The quantitative estimate of drug-likeness (QED) is 0.328. The fraction of sp³-hybridized carbons (Fsp3) is 0.944. The summed E-state index contributed by atoms with van der Waals surface area (Å²) in [5, 5.41) is 6.81. The van der Waals surface area contributed by atoms with Gasteiger partial charge in [0.15, 0.2) is 5.96 Å². The summed E-state index contributed by atoms with van der Waals surface area (Å²) in [5.41, 5.74) is 0. The molecule has 1 aliphatic heterocycles. The average Bonchev–Trinajstić information content (AvgIpc) is 3.22. The monoisotopic (exact) mass is 388 g/mol. The van der Waals surface area contributed by atoms with Crippen LogP contribution in [0.25, 0.3) is 0 Å². The summed E-state index contributed by atoms with van der Waals surface area (Å²) in [5.74, 6) is 1.79. The van der Waals surface area contributed by atoms with Crippen molar-refractivity contribution in [3.05, 3.63) is 0 Å². The summed E-state index contributed by atoms with van der Waals surface area (Å²) in [6.45, 7) is 7.58. The maximum absolute atomic E-state index is 11.1. The maximum atomic E-state index is 11.1. The standard InChI is InChI=1S/C18H36N4O3S/c1-3-19-18(20-9-11-25-12-13-26(2,23)24)21-17-8-10-22(15-17)14-16-6-4-5-7-16/h16-17H,3-15H2,1-2H3,(H2,19,20,21). The SMILES string of the molecule is CCNC(=NCCOCCS(C)(=O)=O)NC1CCN(CC2CCCC2)C1. The molecule has 0 aromatic carbocycles. The van der Waals surface area contributed by atoms with E-state index in [9.17, 15) is 8.42 Å². The molecule has 26 heavy (non-hydrogen) atoms. The number of nitrogens with one attached hydrogen (secondary N) is 2. The third-order valence-electron chi connectivity index (χ3n) is 5.05. The molecule has 0 amide bonds. The minimum absolute atomic E-state index is 0.0634. The van der Waals surface area contributed by atoms with E-state index in [2.05, 4.69) is 27.4 Å². The Labute approximate surface area is 158 Å². The van der Waals surface area contributed by atoms with Crippen LogP contribution in [0, 0.1) is 5.92 Å². The van der Waals surface area contributed by atoms with Gasteiger partial charge in [-0.25, -0.2) is 8.42 Å². The fourth-order valence-electron chi connectivity index (χ4n) is 3.72. The van der Waals surface area contributed by atoms with Crippen LogP contribution < -0.4 is 10.6 Å². The number of guanidine groups is 1. The van der Waals surface area contributed by atoms with E-state index in [1.54, 1.807) is 0 Å². The molecule has 7 nitrogen and oxygen atoms in total. The first-order valence-corrected chi connectivity index (χ1v) is 12.0. The van der Waals surface area contributed by atoms with Crippen LogP contribution in [-0.4, -0.2) is 83.3 Å². The van der Waals surface area contributed by atoms with E-state index in [1.165, 1.54) is 45.0 Å². The molecular weight excluding hydrogens is 352 g/mol. The molecule has 1 aliphatic carbocycles. The highest BCUT2D eigenvalue weighted by atomic mass is 32.2. The van der Waals surface area contributed by atoms with E-state index in [-0.39, 0.29) is 12.4 Å². The van der Waals surface area contributed by atoms with Crippen molar-refractivity contribution in [2.45, 2.75) is 45.1 Å². The van der Waals surface area contributed by atoms with E-state index >= 15 is 0 Å². The van der Waals surface area contributed by atoms with Gasteiger partial charge in [-0.05, 0) is 32.1 Å². The van der Waals surface area contributed by atoms with Crippen molar-refractivity contribution in [1.82, 2.24) is 15.5 Å². The Morgan fingerprint density at radius 2 is 2.00 bits per heavy atom.